The van der Waals surface area contributed by atoms with Gasteiger partial charge in [0.2, 0.25) is 0 Å². The second-order valence-corrected chi connectivity index (χ2v) is 3.52. The second-order valence-electron chi connectivity index (χ2n) is 3.52. The minimum Gasteiger partial charge on any atom is -0.380 e. The first kappa shape index (κ1) is 9.40. The highest BCUT2D eigenvalue weighted by atomic mass is 16.5. The van der Waals surface area contributed by atoms with Gasteiger partial charge in [-0.3, -0.25) is 0 Å². The Hall–Kier alpha value is -1.16. The lowest BCUT2D eigenvalue weighted by Crippen LogP contribution is -2.40. The zero-order chi connectivity index (χ0) is 9.80. The van der Waals surface area contributed by atoms with Crippen LogP contribution in [0.15, 0.2) is 18.7 Å². The molecule has 1 fully saturated rings. The van der Waals surface area contributed by atoms with Gasteiger partial charge in [0.1, 0.15) is 6.33 Å². The molecule has 0 aromatic carbocycles. The van der Waals surface area contributed by atoms with E-state index in [2.05, 4.69) is 15.3 Å². The van der Waals surface area contributed by atoms with Gasteiger partial charge < -0.3 is 10.1 Å². The Bertz CT molecular complexity index is 272. The molecular formula is C10H15N3O. The number of rotatable bonds is 4. The van der Waals surface area contributed by atoms with E-state index in [-0.39, 0.29) is 0 Å². The molecule has 4 heteroatoms. The quantitative estimate of drug-likeness (QED) is 0.786. The molecule has 0 bridgehead atoms. The maximum atomic E-state index is 5.47. The fourth-order valence-corrected chi connectivity index (χ4v) is 1.66. The molecule has 76 valence electrons. The number of ether oxygens (including phenoxy) is 1. The van der Waals surface area contributed by atoms with Crippen LogP contribution in [-0.2, 0) is 4.74 Å². The summed E-state index contributed by atoms with van der Waals surface area (Å²) in [4.78, 5) is 7.89. The minimum atomic E-state index is 0.446. The van der Waals surface area contributed by atoms with Gasteiger partial charge in [-0.1, -0.05) is 0 Å². The van der Waals surface area contributed by atoms with E-state index in [1.54, 1.807) is 12.4 Å². The molecule has 0 unspecified atom stereocenters. The highest BCUT2D eigenvalue weighted by Gasteiger charge is 2.29. The average molecular weight is 193 g/mol. The molecule has 0 aliphatic heterocycles. The summed E-state index contributed by atoms with van der Waals surface area (Å²) in [5.41, 5.74) is 0.993. The monoisotopic (exact) mass is 193 g/mol. The molecule has 0 atom stereocenters. The van der Waals surface area contributed by atoms with E-state index in [1.807, 2.05) is 6.92 Å². The minimum absolute atomic E-state index is 0.446. The standard InChI is InChI=1S/C10H15N3O/c1-2-14-10-3-8(4-10)13-9-5-11-7-12-6-9/h5-8,10,13H,2-4H2,1H3. The number of hydrogen-bond donors (Lipinski definition) is 1. The first-order valence-corrected chi connectivity index (χ1v) is 5.01. The van der Waals surface area contributed by atoms with E-state index < -0.39 is 0 Å². The zero-order valence-corrected chi connectivity index (χ0v) is 8.31. The fourth-order valence-electron chi connectivity index (χ4n) is 1.66. The zero-order valence-electron chi connectivity index (χ0n) is 8.31. The highest BCUT2D eigenvalue weighted by Crippen LogP contribution is 2.26. The molecule has 1 aliphatic carbocycles. The summed E-state index contributed by atoms with van der Waals surface area (Å²) in [5.74, 6) is 0. The van der Waals surface area contributed by atoms with Crippen LogP contribution >= 0.6 is 0 Å². The van der Waals surface area contributed by atoms with Gasteiger partial charge in [0.05, 0.1) is 24.2 Å². The largest absolute Gasteiger partial charge is 0.380 e. The predicted molar refractivity (Wildman–Crippen MR) is 54.1 cm³/mol. The second kappa shape index (κ2) is 4.37. The lowest BCUT2D eigenvalue weighted by Gasteiger charge is -2.35. The summed E-state index contributed by atoms with van der Waals surface area (Å²) >= 11 is 0. The average Bonchev–Trinajstić information content (AvgIpc) is 2.16. The highest BCUT2D eigenvalue weighted by molar-refractivity contribution is 5.39. The molecule has 1 aromatic rings. The van der Waals surface area contributed by atoms with Crippen LogP contribution in [0.3, 0.4) is 0 Å². The van der Waals surface area contributed by atoms with Crippen molar-refractivity contribution in [1.82, 2.24) is 9.97 Å². The molecule has 0 radical (unpaired) electrons. The van der Waals surface area contributed by atoms with Gasteiger partial charge in [-0.05, 0) is 19.8 Å². The predicted octanol–water partition coefficient (Wildman–Crippen LogP) is 1.46. The Morgan fingerprint density at radius 1 is 1.43 bits per heavy atom. The summed E-state index contributed by atoms with van der Waals surface area (Å²) < 4.78 is 5.47. The molecule has 1 aliphatic rings. The van der Waals surface area contributed by atoms with Gasteiger partial charge in [-0.2, -0.15) is 0 Å². The molecule has 0 spiro atoms. The van der Waals surface area contributed by atoms with Gasteiger partial charge in [-0.15, -0.1) is 0 Å². The Morgan fingerprint density at radius 2 is 2.14 bits per heavy atom. The number of nitrogens with one attached hydrogen (secondary N) is 1. The smallest absolute Gasteiger partial charge is 0.115 e. The number of nitrogens with zero attached hydrogens (tertiary/aromatic N) is 2. The number of aromatic nitrogens is 2. The summed E-state index contributed by atoms with van der Waals surface area (Å²) in [6.45, 7) is 2.84. The fraction of sp³-hybridized carbons (Fsp3) is 0.600. The Kier molecular flexibility index (Phi) is 2.93. The van der Waals surface area contributed by atoms with Crippen LogP contribution in [-0.4, -0.2) is 28.7 Å². The topological polar surface area (TPSA) is 47.0 Å². The molecule has 2 rings (SSSR count). The molecule has 1 N–H and O–H groups in total. The van der Waals surface area contributed by atoms with E-state index in [0.717, 1.165) is 25.1 Å². The molecule has 1 saturated carbocycles. The van der Waals surface area contributed by atoms with Crippen molar-refractivity contribution in [2.45, 2.75) is 31.9 Å². The summed E-state index contributed by atoms with van der Waals surface area (Å²) in [6.07, 6.45) is 7.74. The van der Waals surface area contributed by atoms with E-state index in [0.29, 0.717) is 12.1 Å². The number of hydrogen-bond acceptors (Lipinski definition) is 4. The van der Waals surface area contributed by atoms with Crippen molar-refractivity contribution >= 4 is 5.69 Å². The lowest BCUT2D eigenvalue weighted by molar-refractivity contribution is 0.00298. The van der Waals surface area contributed by atoms with Crippen LogP contribution in [0, 0.1) is 0 Å². The van der Waals surface area contributed by atoms with Crippen molar-refractivity contribution in [1.29, 1.82) is 0 Å². The van der Waals surface area contributed by atoms with Crippen molar-refractivity contribution < 1.29 is 4.74 Å². The maximum Gasteiger partial charge on any atom is 0.115 e. The third-order valence-electron chi connectivity index (χ3n) is 2.43. The van der Waals surface area contributed by atoms with Crippen molar-refractivity contribution in [3.05, 3.63) is 18.7 Å². The van der Waals surface area contributed by atoms with E-state index >= 15 is 0 Å². The molecule has 1 heterocycles. The first-order valence-electron chi connectivity index (χ1n) is 5.01. The van der Waals surface area contributed by atoms with E-state index in [1.165, 1.54) is 6.33 Å². The van der Waals surface area contributed by atoms with Crippen LogP contribution in [0.2, 0.25) is 0 Å². The first-order chi connectivity index (χ1) is 6.88. The normalized spacial score (nSPS) is 25.5. The van der Waals surface area contributed by atoms with Gasteiger partial charge in [0, 0.05) is 12.6 Å². The third kappa shape index (κ3) is 2.20. The van der Waals surface area contributed by atoms with Crippen molar-refractivity contribution in [3.8, 4) is 0 Å². The molecule has 14 heavy (non-hydrogen) atoms. The van der Waals surface area contributed by atoms with Crippen LogP contribution in [0.4, 0.5) is 5.69 Å². The van der Waals surface area contributed by atoms with Crippen molar-refractivity contribution in [2.24, 2.45) is 0 Å². The van der Waals surface area contributed by atoms with Gasteiger partial charge in [0.15, 0.2) is 0 Å². The Labute approximate surface area is 83.7 Å². The van der Waals surface area contributed by atoms with Gasteiger partial charge >= 0.3 is 0 Å². The summed E-state index contributed by atoms with van der Waals surface area (Å²) in [7, 11) is 0. The molecule has 1 aromatic heterocycles. The SMILES string of the molecule is CCOC1CC(Nc2cncnc2)C1. The van der Waals surface area contributed by atoms with Gasteiger partial charge in [-0.25, -0.2) is 9.97 Å². The van der Waals surface area contributed by atoms with E-state index in [9.17, 15) is 0 Å². The van der Waals surface area contributed by atoms with E-state index in [4.69, 9.17) is 4.74 Å². The number of anilines is 1. The third-order valence-corrected chi connectivity index (χ3v) is 2.43. The summed E-state index contributed by atoms with van der Waals surface area (Å²) in [6, 6.07) is 0.526. The lowest BCUT2D eigenvalue weighted by atomic mass is 9.89. The maximum absolute atomic E-state index is 5.47. The molecule has 4 nitrogen and oxygen atoms in total. The van der Waals surface area contributed by atoms with Gasteiger partial charge in [0.25, 0.3) is 0 Å². The van der Waals surface area contributed by atoms with Crippen molar-refractivity contribution in [3.63, 3.8) is 0 Å². The van der Waals surface area contributed by atoms with Crippen LogP contribution in [0.1, 0.15) is 19.8 Å². The summed E-state index contributed by atoms with van der Waals surface area (Å²) in [5, 5.41) is 3.36. The molecule has 0 amide bonds. The molecular weight excluding hydrogens is 178 g/mol. The van der Waals surface area contributed by atoms with Crippen LogP contribution in [0.25, 0.3) is 0 Å². The van der Waals surface area contributed by atoms with Crippen LogP contribution in [0.5, 0.6) is 0 Å². The van der Waals surface area contributed by atoms with Crippen LogP contribution < -0.4 is 5.32 Å². The van der Waals surface area contributed by atoms with Crippen molar-refractivity contribution in [2.75, 3.05) is 11.9 Å². The Balaban J connectivity index is 1.74. The molecule has 0 saturated heterocycles. The Morgan fingerprint density at radius 3 is 2.79 bits per heavy atom.